The largest absolute Gasteiger partial charge is 0.393 e. The van der Waals surface area contributed by atoms with E-state index in [-0.39, 0.29) is 6.61 Å². The number of aliphatic hydroxyl groups excluding tert-OH is 1. The Morgan fingerprint density at radius 3 is 2.75 bits per heavy atom. The molecule has 0 spiro atoms. The molecule has 1 atom stereocenters. The smallest absolute Gasteiger partial charge is 0.163 e. The summed E-state index contributed by atoms with van der Waals surface area (Å²) in [6, 6.07) is 11.6. The molecule has 24 heavy (non-hydrogen) atoms. The fourth-order valence-electron chi connectivity index (χ4n) is 3.09. The second-order valence-corrected chi connectivity index (χ2v) is 6.18. The lowest BCUT2D eigenvalue weighted by Crippen LogP contribution is -2.37. The second-order valence-electron chi connectivity index (χ2n) is 6.18. The van der Waals surface area contributed by atoms with E-state index >= 15 is 0 Å². The molecule has 1 saturated heterocycles. The lowest BCUT2D eigenvalue weighted by Gasteiger charge is -2.23. The molecule has 1 fully saturated rings. The number of pyridine rings is 1. The van der Waals surface area contributed by atoms with Gasteiger partial charge in [-0.05, 0) is 30.7 Å². The summed E-state index contributed by atoms with van der Waals surface area (Å²) in [5.74, 6) is 1.39. The van der Waals surface area contributed by atoms with Gasteiger partial charge >= 0.3 is 0 Å². The minimum absolute atomic E-state index is 0.248. The summed E-state index contributed by atoms with van der Waals surface area (Å²) in [6.07, 6.45) is 3.97. The number of hydrogen-bond acceptors (Lipinski definition) is 6. The quantitative estimate of drug-likeness (QED) is 0.762. The molecule has 0 aliphatic carbocycles. The lowest BCUT2D eigenvalue weighted by molar-refractivity contribution is 0.00474. The van der Waals surface area contributed by atoms with Gasteiger partial charge in [-0.15, -0.1) is 0 Å². The summed E-state index contributed by atoms with van der Waals surface area (Å²) in [5, 5.41) is 20.7. The molecule has 0 amide bonds. The molecule has 0 bridgehead atoms. The Balaban J connectivity index is 1.85. The van der Waals surface area contributed by atoms with Crippen molar-refractivity contribution in [2.45, 2.75) is 12.0 Å². The van der Waals surface area contributed by atoms with Crippen molar-refractivity contribution in [1.29, 1.82) is 0 Å². The molecule has 122 valence electrons. The highest BCUT2D eigenvalue weighted by Gasteiger charge is 2.36. The number of aliphatic hydroxyl groups is 2. The van der Waals surface area contributed by atoms with Crippen molar-refractivity contribution in [3.63, 3.8) is 0 Å². The first-order chi connectivity index (χ1) is 11.7. The van der Waals surface area contributed by atoms with E-state index in [4.69, 9.17) is 4.98 Å². The summed E-state index contributed by atoms with van der Waals surface area (Å²) in [7, 11) is 0. The topological polar surface area (TPSA) is 82.4 Å². The maximum atomic E-state index is 10.3. The first-order valence-electron chi connectivity index (χ1n) is 7.94. The predicted molar refractivity (Wildman–Crippen MR) is 91.6 cm³/mol. The van der Waals surface area contributed by atoms with Gasteiger partial charge in [0.25, 0.3) is 0 Å². The summed E-state index contributed by atoms with van der Waals surface area (Å²) in [6.45, 7) is 0.753. The fraction of sp³-hybridized carbons (Fsp3) is 0.278. The maximum absolute atomic E-state index is 10.3. The Hall–Kier alpha value is -2.57. The lowest BCUT2D eigenvalue weighted by atomic mass is 10.1. The molecule has 2 aromatic heterocycles. The van der Waals surface area contributed by atoms with Gasteiger partial charge in [0.05, 0.1) is 18.7 Å². The number of fused-ring (bicyclic) bond motifs is 1. The Labute approximate surface area is 139 Å². The molecule has 0 saturated carbocycles. The second kappa shape index (κ2) is 5.81. The predicted octanol–water partition coefficient (Wildman–Crippen LogP) is 1.63. The minimum Gasteiger partial charge on any atom is -0.393 e. The van der Waals surface area contributed by atoms with Gasteiger partial charge in [-0.1, -0.05) is 12.1 Å². The van der Waals surface area contributed by atoms with E-state index in [1.165, 1.54) is 0 Å². The third kappa shape index (κ3) is 2.60. The van der Waals surface area contributed by atoms with Crippen molar-refractivity contribution >= 4 is 16.7 Å². The van der Waals surface area contributed by atoms with Gasteiger partial charge in [-0.2, -0.15) is 0 Å². The van der Waals surface area contributed by atoms with Gasteiger partial charge in [0.15, 0.2) is 5.82 Å². The molecule has 1 unspecified atom stereocenters. The molecular weight excluding hydrogens is 304 g/mol. The molecule has 1 aromatic carbocycles. The molecule has 1 aliphatic heterocycles. The molecular formula is C18H18N4O2. The van der Waals surface area contributed by atoms with E-state index in [0.29, 0.717) is 25.3 Å². The SMILES string of the molecule is OCC1(O)CCN(c2nc(-c3cccnc3)nc3ccccc23)C1. The van der Waals surface area contributed by atoms with E-state index in [9.17, 15) is 10.2 Å². The third-order valence-corrected chi connectivity index (χ3v) is 4.43. The summed E-state index contributed by atoms with van der Waals surface area (Å²) >= 11 is 0. The van der Waals surface area contributed by atoms with E-state index in [1.807, 2.05) is 41.3 Å². The van der Waals surface area contributed by atoms with Crippen molar-refractivity contribution in [2.75, 3.05) is 24.6 Å². The van der Waals surface area contributed by atoms with Gasteiger partial charge in [0.2, 0.25) is 0 Å². The van der Waals surface area contributed by atoms with E-state index in [0.717, 1.165) is 22.3 Å². The molecule has 4 rings (SSSR count). The van der Waals surface area contributed by atoms with Crippen LogP contribution < -0.4 is 4.90 Å². The van der Waals surface area contributed by atoms with Crippen LogP contribution in [0.2, 0.25) is 0 Å². The van der Waals surface area contributed by atoms with Crippen molar-refractivity contribution in [3.8, 4) is 11.4 Å². The Bertz CT molecular complexity index is 871. The van der Waals surface area contributed by atoms with Crippen molar-refractivity contribution < 1.29 is 10.2 Å². The first-order valence-corrected chi connectivity index (χ1v) is 7.94. The number of para-hydroxylation sites is 1. The van der Waals surface area contributed by atoms with Crippen molar-refractivity contribution in [2.24, 2.45) is 0 Å². The van der Waals surface area contributed by atoms with Crippen LogP contribution >= 0.6 is 0 Å². The van der Waals surface area contributed by atoms with E-state index < -0.39 is 5.60 Å². The molecule has 1 aliphatic rings. The molecule has 6 heteroatoms. The number of β-amino-alcohol motifs (C(OH)–C–C–N with tert-alkyl or cyclic N) is 1. The standard InChI is InChI=1S/C18H18N4O2/c23-12-18(24)7-9-22(11-18)17-14-5-1-2-6-15(14)20-16(21-17)13-4-3-8-19-10-13/h1-6,8,10,23-24H,7,9,11-12H2. The number of aromatic nitrogens is 3. The molecule has 0 radical (unpaired) electrons. The molecule has 3 aromatic rings. The van der Waals surface area contributed by atoms with Crippen LogP contribution in [-0.2, 0) is 0 Å². The zero-order chi connectivity index (χ0) is 16.6. The zero-order valence-electron chi connectivity index (χ0n) is 13.1. The average molecular weight is 322 g/mol. The van der Waals surface area contributed by atoms with Crippen LogP contribution in [0.4, 0.5) is 5.82 Å². The average Bonchev–Trinajstić information content (AvgIpc) is 3.04. The van der Waals surface area contributed by atoms with Crippen molar-refractivity contribution in [3.05, 3.63) is 48.8 Å². The van der Waals surface area contributed by atoms with Crippen LogP contribution in [-0.4, -0.2) is 50.5 Å². The fourth-order valence-corrected chi connectivity index (χ4v) is 3.09. The Kier molecular flexibility index (Phi) is 3.63. The number of benzene rings is 1. The molecule has 6 nitrogen and oxygen atoms in total. The number of anilines is 1. The Morgan fingerprint density at radius 2 is 2.00 bits per heavy atom. The van der Waals surface area contributed by atoms with E-state index in [2.05, 4.69) is 9.97 Å². The van der Waals surface area contributed by atoms with Gasteiger partial charge in [0, 0.05) is 29.9 Å². The summed E-state index contributed by atoms with van der Waals surface area (Å²) in [4.78, 5) is 15.5. The van der Waals surface area contributed by atoms with Gasteiger partial charge in [-0.25, -0.2) is 9.97 Å². The first kappa shape index (κ1) is 15.0. The van der Waals surface area contributed by atoms with Crippen LogP contribution in [0.1, 0.15) is 6.42 Å². The van der Waals surface area contributed by atoms with Crippen LogP contribution in [0.3, 0.4) is 0 Å². The van der Waals surface area contributed by atoms with Gasteiger partial charge in [0.1, 0.15) is 11.4 Å². The Morgan fingerprint density at radius 1 is 1.12 bits per heavy atom. The van der Waals surface area contributed by atoms with E-state index in [1.54, 1.807) is 12.4 Å². The van der Waals surface area contributed by atoms with Crippen molar-refractivity contribution in [1.82, 2.24) is 15.0 Å². The van der Waals surface area contributed by atoms with Gasteiger partial charge < -0.3 is 15.1 Å². The van der Waals surface area contributed by atoms with Crippen LogP contribution in [0.15, 0.2) is 48.8 Å². The molecule has 2 N–H and O–H groups in total. The minimum atomic E-state index is -1.07. The highest BCUT2D eigenvalue weighted by atomic mass is 16.3. The summed E-state index contributed by atoms with van der Waals surface area (Å²) in [5.41, 5.74) is 0.627. The number of rotatable bonds is 3. The third-order valence-electron chi connectivity index (χ3n) is 4.43. The maximum Gasteiger partial charge on any atom is 0.163 e. The highest BCUT2D eigenvalue weighted by Crippen LogP contribution is 2.32. The number of hydrogen-bond donors (Lipinski definition) is 2. The van der Waals surface area contributed by atoms with Crippen LogP contribution in [0.25, 0.3) is 22.3 Å². The van der Waals surface area contributed by atoms with Crippen LogP contribution in [0.5, 0.6) is 0 Å². The normalized spacial score (nSPS) is 20.7. The number of nitrogens with zero attached hydrogens (tertiary/aromatic N) is 4. The summed E-state index contributed by atoms with van der Waals surface area (Å²) < 4.78 is 0. The zero-order valence-corrected chi connectivity index (χ0v) is 13.1. The molecule has 3 heterocycles. The van der Waals surface area contributed by atoms with Gasteiger partial charge in [-0.3, -0.25) is 4.98 Å². The highest BCUT2D eigenvalue weighted by molar-refractivity contribution is 5.91. The monoisotopic (exact) mass is 322 g/mol. The van der Waals surface area contributed by atoms with Crippen LogP contribution in [0, 0.1) is 0 Å².